The average molecular weight is 749 g/mol. The molecule has 51 heavy (non-hydrogen) atoms. The van der Waals surface area contributed by atoms with Gasteiger partial charge in [0.25, 0.3) is 5.60 Å². The van der Waals surface area contributed by atoms with E-state index in [9.17, 15) is 31.1 Å². The standard InChI is InChI=1S/C38H54F6O6Si/c1-12-35(13-2,29-16-15-28(26(4)21-29)19-20-36(37(39,40)41,38(42,43)44)49-25-46-9)30-17-18-32(27(5)22-30)48-24-31(23-33(45)47-14-3)50-51(10,11)34(6,7)8/h15-22,31H,12-14,23-25H2,1-11H3/t31-/m0/s1. The van der Waals surface area contributed by atoms with Crippen molar-refractivity contribution in [2.24, 2.45) is 0 Å². The summed E-state index contributed by atoms with van der Waals surface area (Å²) in [6.07, 6.45) is -9.92. The SMILES string of the molecule is CCOC(=O)C[C@@H](COc1ccc(C(CC)(CC)c2ccc(C=CC(OCOC)(C(F)(F)F)C(F)(F)F)c(C)c2)cc1C)O[Si](C)(C)C(C)(C)C. The molecular formula is C38H54F6O6Si. The minimum absolute atomic E-state index is 0.00235. The molecule has 0 amide bonds. The van der Waals surface area contributed by atoms with Crippen molar-refractivity contribution >= 4 is 20.4 Å². The van der Waals surface area contributed by atoms with E-state index in [2.05, 4.69) is 43.3 Å². The fourth-order valence-electron chi connectivity index (χ4n) is 5.74. The molecule has 0 aliphatic heterocycles. The summed E-state index contributed by atoms with van der Waals surface area (Å²) in [5, 5.41) is -0.0802. The normalized spacial score (nSPS) is 14.2. The van der Waals surface area contributed by atoms with Crippen molar-refractivity contribution in [2.75, 3.05) is 27.1 Å². The third-order valence-corrected chi connectivity index (χ3v) is 14.4. The zero-order valence-corrected chi connectivity index (χ0v) is 32.7. The van der Waals surface area contributed by atoms with E-state index in [1.807, 2.05) is 39.0 Å². The van der Waals surface area contributed by atoms with Crippen LogP contribution in [0.2, 0.25) is 18.1 Å². The molecule has 0 N–H and O–H groups in total. The lowest BCUT2D eigenvalue weighted by Gasteiger charge is -2.39. The maximum Gasteiger partial charge on any atom is 0.430 e. The molecule has 0 aliphatic carbocycles. The van der Waals surface area contributed by atoms with Crippen LogP contribution < -0.4 is 4.74 Å². The molecule has 0 unspecified atom stereocenters. The summed E-state index contributed by atoms with van der Waals surface area (Å²) in [7, 11) is -1.30. The van der Waals surface area contributed by atoms with Crippen LogP contribution >= 0.6 is 0 Å². The summed E-state index contributed by atoms with van der Waals surface area (Å²) in [5.74, 6) is 0.265. The Kier molecular flexibility index (Phi) is 15.0. The third kappa shape index (κ3) is 10.4. The Morgan fingerprint density at radius 1 is 0.863 bits per heavy atom. The molecule has 0 saturated heterocycles. The van der Waals surface area contributed by atoms with E-state index in [1.165, 1.54) is 6.07 Å². The van der Waals surface area contributed by atoms with E-state index in [0.717, 1.165) is 29.9 Å². The maximum atomic E-state index is 13.8. The second kappa shape index (κ2) is 17.3. The Labute approximate surface area is 300 Å². The van der Waals surface area contributed by atoms with Crippen molar-refractivity contribution in [1.29, 1.82) is 0 Å². The first-order valence-electron chi connectivity index (χ1n) is 17.1. The van der Waals surface area contributed by atoms with Gasteiger partial charge in [0.15, 0.2) is 8.32 Å². The fourth-order valence-corrected chi connectivity index (χ4v) is 7.08. The molecule has 0 heterocycles. The molecule has 0 fully saturated rings. The van der Waals surface area contributed by atoms with Crippen molar-refractivity contribution in [3.63, 3.8) is 0 Å². The van der Waals surface area contributed by atoms with Crippen molar-refractivity contribution in [2.45, 2.75) is 122 Å². The fraction of sp³-hybridized carbons (Fsp3) is 0.605. The molecule has 0 spiro atoms. The second-order valence-electron chi connectivity index (χ2n) is 14.3. The molecule has 0 radical (unpaired) electrons. The van der Waals surface area contributed by atoms with Crippen LogP contribution in [0.3, 0.4) is 0 Å². The molecule has 0 aliphatic rings. The van der Waals surface area contributed by atoms with Gasteiger partial charge in [0.1, 0.15) is 19.1 Å². The Morgan fingerprint density at radius 2 is 1.41 bits per heavy atom. The number of benzene rings is 2. The number of hydrogen-bond acceptors (Lipinski definition) is 6. The average Bonchev–Trinajstić information content (AvgIpc) is 3.00. The van der Waals surface area contributed by atoms with Crippen LogP contribution in [-0.4, -0.2) is 65.5 Å². The summed E-state index contributed by atoms with van der Waals surface area (Å²) < 4.78 is 110. The highest BCUT2D eigenvalue weighted by molar-refractivity contribution is 6.74. The number of alkyl halides is 6. The number of hydrogen-bond donors (Lipinski definition) is 0. The van der Waals surface area contributed by atoms with Crippen LogP contribution in [-0.2, 0) is 28.8 Å². The zero-order chi connectivity index (χ0) is 39.1. The highest BCUT2D eigenvalue weighted by Crippen LogP contribution is 2.48. The monoisotopic (exact) mass is 748 g/mol. The lowest BCUT2D eigenvalue weighted by molar-refractivity contribution is -0.372. The number of carbonyl (C=O) groups is 1. The predicted molar refractivity (Wildman–Crippen MR) is 189 cm³/mol. The summed E-state index contributed by atoms with van der Waals surface area (Å²) >= 11 is 0. The lowest BCUT2D eigenvalue weighted by Crippen LogP contribution is -2.57. The van der Waals surface area contributed by atoms with Crippen LogP contribution in [0.15, 0.2) is 42.5 Å². The third-order valence-electron chi connectivity index (χ3n) is 9.89. The van der Waals surface area contributed by atoms with Crippen molar-refractivity contribution in [3.8, 4) is 5.75 Å². The predicted octanol–water partition coefficient (Wildman–Crippen LogP) is 10.6. The van der Waals surface area contributed by atoms with E-state index in [-0.39, 0.29) is 42.3 Å². The molecule has 2 rings (SSSR count). The first kappa shape index (κ1) is 44.3. The smallest absolute Gasteiger partial charge is 0.430 e. The van der Waals surface area contributed by atoms with Crippen LogP contribution in [0, 0.1) is 13.8 Å². The Morgan fingerprint density at radius 3 is 1.86 bits per heavy atom. The molecular weight excluding hydrogens is 694 g/mol. The largest absolute Gasteiger partial charge is 0.491 e. The number of methoxy groups -OCH3 is 1. The van der Waals surface area contributed by atoms with Crippen LogP contribution in [0.25, 0.3) is 6.08 Å². The van der Waals surface area contributed by atoms with Crippen LogP contribution in [0.1, 0.15) is 88.6 Å². The number of halogens is 6. The number of aryl methyl sites for hydroxylation is 2. The molecule has 2 aromatic rings. The molecule has 6 nitrogen and oxygen atoms in total. The van der Waals surface area contributed by atoms with Crippen LogP contribution in [0.5, 0.6) is 5.75 Å². The van der Waals surface area contributed by atoms with Gasteiger partial charge in [-0.2, -0.15) is 26.3 Å². The first-order valence-corrected chi connectivity index (χ1v) is 20.0. The molecule has 1 atom stereocenters. The summed E-state index contributed by atoms with van der Waals surface area (Å²) in [5.41, 5.74) is -1.71. The van der Waals surface area contributed by atoms with E-state index >= 15 is 0 Å². The molecule has 0 bridgehead atoms. The Hall–Kier alpha value is -2.87. The van der Waals surface area contributed by atoms with E-state index in [1.54, 1.807) is 26.0 Å². The van der Waals surface area contributed by atoms with Crippen molar-refractivity contribution < 1.29 is 54.5 Å². The van der Waals surface area contributed by atoms with Gasteiger partial charge >= 0.3 is 18.3 Å². The molecule has 2 aromatic carbocycles. The van der Waals surface area contributed by atoms with E-state index in [0.29, 0.717) is 24.2 Å². The molecule has 13 heteroatoms. The van der Waals surface area contributed by atoms with Gasteiger partial charge in [-0.1, -0.05) is 71.0 Å². The summed E-state index contributed by atoms with van der Waals surface area (Å²) in [6, 6.07) is 10.9. The van der Waals surface area contributed by atoms with Gasteiger partial charge in [0.05, 0.1) is 19.1 Å². The highest BCUT2D eigenvalue weighted by atomic mass is 28.4. The molecule has 0 saturated carbocycles. The second-order valence-corrected chi connectivity index (χ2v) is 19.0. The maximum absolute atomic E-state index is 13.8. The van der Waals surface area contributed by atoms with Gasteiger partial charge in [-0.25, -0.2) is 0 Å². The summed E-state index contributed by atoms with van der Waals surface area (Å²) in [4.78, 5) is 12.4. The van der Waals surface area contributed by atoms with E-state index in [4.69, 9.17) is 13.9 Å². The van der Waals surface area contributed by atoms with Gasteiger partial charge in [-0.05, 0) is 91.7 Å². The van der Waals surface area contributed by atoms with Gasteiger partial charge in [0.2, 0.25) is 0 Å². The van der Waals surface area contributed by atoms with E-state index < -0.39 is 44.6 Å². The number of esters is 1. The summed E-state index contributed by atoms with van der Waals surface area (Å²) in [6.45, 7) is 19.2. The molecule has 0 aromatic heterocycles. The van der Waals surface area contributed by atoms with Gasteiger partial charge in [0, 0.05) is 12.5 Å². The topological polar surface area (TPSA) is 63.2 Å². The zero-order valence-electron chi connectivity index (χ0n) is 31.7. The van der Waals surface area contributed by atoms with Gasteiger partial charge < -0.3 is 23.4 Å². The number of rotatable bonds is 17. The minimum atomic E-state index is -5.79. The Bertz CT molecular complexity index is 1460. The Balaban J connectivity index is 2.46. The van der Waals surface area contributed by atoms with Crippen molar-refractivity contribution in [1.82, 2.24) is 0 Å². The van der Waals surface area contributed by atoms with Crippen molar-refractivity contribution in [3.05, 3.63) is 70.3 Å². The van der Waals surface area contributed by atoms with Gasteiger partial charge in [-0.3, -0.25) is 4.79 Å². The highest BCUT2D eigenvalue weighted by Gasteiger charge is 2.71. The lowest BCUT2D eigenvalue weighted by atomic mass is 9.70. The minimum Gasteiger partial charge on any atom is -0.491 e. The first-order chi connectivity index (χ1) is 23.4. The van der Waals surface area contributed by atoms with Gasteiger partial charge in [-0.15, -0.1) is 0 Å². The van der Waals surface area contributed by atoms with Crippen LogP contribution in [0.4, 0.5) is 26.3 Å². The quantitative estimate of drug-likeness (QED) is 0.0695. The number of carbonyl (C=O) groups excluding carboxylic acids is 1. The number of ether oxygens (including phenoxy) is 4. The molecule has 288 valence electrons.